The van der Waals surface area contributed by atoms with Crippen molar-refractivity contribution in [2.75, 3.05) is 38.3 Å². The van der Waals surface area contributed by atoms with Gasteiger partial charge < -0.3 is 15.0 Å². The Morgan fingerprint density at radius 2 is 2.22 bits per heavy atom. The first-order chi connectivity index (χ1) is 8.86. The van der Waals surface area contributed by atoms with Gasteiger partial charge in [0.1, 0.15) is 0 Å². The summed E-state index contributed by atoms with van der Waals surface area (Å²) in [5.41, 5.74) is 2.82. The number of rotatable bonds is 6. The SMILES string of the molecule is CCOCCCN1CCC(NC)c2ccccc21. The van der Waals surface area contributed by atoms with Crippen molar-refractivity contribution in [3.8, 4) is 0 Å². The van der Waals surface area contributed by atoms with Crippen LogP contribution in [0.1, 0.15) is 31.4 Å². The third-order valence-corrected chi connectivity index (χ3v) is 3.61. The highest BCUT2D eigenvalue weighted by atomic mass is 16.5. The molecule has 0 spiro atoms. The lowest BCUT2D eigenvalue weighted by molar-refractivity contribution is 0.146. The fourth-order valence-corrected chi connectivity index (χ4v) is 2.66. The number of benzene rings is 1. The molecule has 100 valence electrons. The Labute approximate surface area is 110 Å². The van der Waals surface area contributed by atoms with E-state index in [1.165, 1.54) is 17.7 Å². The fraction of sp³-hybridized carbons (Fsp3) is 0.600. The van der Waals surface area contributed by atoms with Gasteiger partial charge in [-0.2, -0.15) is 0 Å². The molecule has 0 fully saturated rings. The number of fused-ring (bicyclic) bond motifs is 1. The zero-order valence-corrected chi connectivity index (χ0v) is 11.5. The lowest BCUT2D eigenvalue weighted by Crippen LogP contribution is -2.35. The van der Waals surface area contributed by atoms with Gasteiger partial charge in [0.15, 0.2) is 0 Å². The van der Waals surface area contributed by atoms with Gasteiger partial charge in [-0.1, -0.05) is 18.2 Å². The quantitative estimate of drug-likeness (QED) is 0.783. The van der Waals surface area contributed by atoms with Gasteiger partial charge in [0.05, 0.1) is 0 Å². The standard InChI is InChI=1S/C15H24N2O/c1-3-18-12-6-10-17-11-9-14(16-2)13-7-4-5-8-15(13)17/h4-5,7-8,14,16H,3,6,9-12H2,1-2H3. The summed E-state index contributed by atoms with van der Waals surface area (Å²) in [6.45, 7) is 5.96. The Morgan fingerprint density at radius 3 is 3.00 bits per heavy atom. The highest BCUT2D eigenvalue weighted by molar-refractivity contribution is 5.56. The predicted molar refractivity (Wildman–Crippen MR) is 76.2 cm³/mol. The minimum atomic E-state index is 0.504. The second kappa shape index (κ2) is 6.76. The van der Waals surface area contributed by atoms with Gasteiger partial charge in [0.2, 0.25) is 0 Å². The minimum absolute atomic E-state index is 0.504. The van der Waals surface area contributed by atoms with Crippen LogP contribution in [0, 0.1) is 0 Å². The largest absolute Gasteiger partial charge is 0.382 e. The van der Waals surface area contributed by atoms with Crippen LogP contribution in [0.3, 0.4) is 0 Å². The maximum absolute atomic E-state index is 5.42. The van der Waals surface area contributed by atoms with Gasteiger partial charge in [-0.3, -0.25) is 0 Å². The van der Waals surface area contributed by atoms with Gasteiger partial charge in [-0.15, -0.1) is 0 Å². The van der Waals surface area contributed by atoms with E-state index in [4.69, 9.17) is 4.74 Å². The second-order valence-electron chi connectivity index (χ2n) is 4.73. The zero-order valence-electron chi connectivity index (χ0n) is 11.5. The van der Waals surface area contributed by atoms with Crippen LogP contribution in [0.4, 0.5) is 5.69 Å². The van der Waals surface area contributed by atoms with Crippen molar-refractivity contribution in [3.05, 3.63) is 29.8 Å². The summed E-state index contributed by atoms with van der Waals surface area (Å²) in [6.07, 6.45) is 2.29. The second-order valence-corrected chi connectivity index (χ2v) is 4.73. The zero-order chi connectivity index (χ0) is 12.8. The summed E-state index contributed by atoms with van der Waals surface area (Å²) in [6, 6.07) is 9.24. The number of anilines is 1. The molecule has 3 nitrogen and oxygen atoms in total. The van der Waals surface area contributed by atoms with Crippen LogP contribution >= 0.6 is 0 Å². The van der Waals surface area contributed by atoms with E-state index in [1.54, 1.807) is 0 Å². The minimum Gasteiger partial charge on any atom is -0.382 e. The molecule has 1 atom stereocenters. The van der Waals surface area contributed by atoms with Gasteiger partial charge in [0, 0.05) is 38.0 Å². The summed E-state index contributed by atoms with van der Waals surface area (Å²) < 4.78 is 5.42. The van der Waals surface area contributed by atoms with Gasteiger partial charge >= 0.3 is 0 Å². The summed E-state index contributed by atoms with van der Waals surface area (Å²) >= 11 is 0. The molecule has 0 saturated heterocycles. The molecule has 1 heterocycles. The molecular formula is C15H24N2O. The smallest absolute Gasteiger partial charge is 0.0482 e. The molecule has 0 radical (unpaired) electrons. The molecule has 1 aliphatic rings. The Bertz CT molecular complexity index is 367. The Balaban J connectivity index is 2.01. The van der Waals surface area contributed by atoms with Gasteiger partial charge in [0.25, 0.3) is 0 Å². The van der Waals surface area contributed by atoms with Crippen molar-refractivity contribution in [1.29, 1.82) is 0 Å². The molecule has 0 amide bonds. The van der Waals surface area contributed by atoms with Crippen molar-refractivity contribution < 1.29 is 4.74 Å². The summed E-state index contributed by atoms with van der Waals surface area (Å²) in [7, 11) is 2.05. The molecule has 1 unspecified atom stereocenters. The van der Waals surface area contributed by atoms with Crippen LogP contribution in [-0.4, -0.2) is 33.4 Å². The molecule has 1 aromatic carbocycles. The molecule has 0 aliphatic carbocycles. The van der Waals surface area contributed by atoms with Crippen molar-refractivity contribution in [1.82, 2.24) is 5.32 Å². The lowest BCUT2D eigenvalue weighted by atomic mass is 9.96. The van der Waals surface area contributed by atoms with Crippen LogP contribution in [-0.2, 0) is 4.74 Å². The van der Waals surface area contributed by atoms with E-state index < -0.39 is 0 Å². The monoisotopic (exact) mass is 248 g/mol. The molecular weight excluding hydrogens is 224 g/mol. The summed E-state index contributed by atoms with van der Waals surface area (Å²) in [5, 5.41) is 3.41. The van der Waals surface area contributed by atoms with Crippen LogP contribution in [0.2, 0.25) is 0 Å². The van der Waals surface area contributed by atoms with Gasteiger partial charge in [-0.25, -0.2) is 0 Å². The Morgan fingerprint density at radius 1 is 1.39 bits per heavy atom. The lowest BCUT2D eigenvalue weighted by Gasteiger charge is -2.35. The third kappa shape index (κ3) is 3.03. The highest BCUT2D eigenvalue weighted by Gasteiger charge is 2.22. The van der Waals surface area contributed by atoms with E-state index in [0.717, 1.165) is 32.7 Å². The molecule has 0 aromatic heterocycles. The third-order valence-electron chi connectivity index (χ3n) is 3.61. The first-order valence-corrected chi connectivity index (χ1v) is 6.95. The van der Waals surface area contributed by atoms with E-state index in [2.05, 4.69) is 34.5 Å². The number of hydrogen-bond donors (Lipinski definition) is 1. The molecule has 1 aromatic rings. The van der Waals surface area contributed by atoms with Crippen molar-refractivity contribution in [2.45, 2.75) is 25.8 Å². The maximum Gasteiger partial charge on any atom is 0.0482 e. The average molecular weight is 248 g/mol. The first-order valence-electron chi connectivity index (χ1n) is 6.95. The highest BCUT2D eigenvalue weighted by Crippen LogP contribution is 2.33. The van der Waals surface area contributed by atoms with Crippen molar-refractivity contribution >= 4 is 5.69 Å². The van der Waals surface area contributed by atoms with E-state index in [9.17, 15) is 0 Å². The normalized spacial score (nSPS) is 18.8. The van der Waals surface area contributed by atoms with Crippen molar-refractivity contribution in [3.63, 3.8) is 0 Å². The van der Waals surface area contributed by atoms with Crippen LogP contribution < -0.4 is 10.2 Å². The molecule has 1 aliphatic heterocycles. The van der Waals surface area contributed by atoms with Crippen molar-refractivity contribution in [2.24, 2.45) is 0 Å². The van der Waals surface area contributed by atoms with Gasteiger partial charge in [-0.05, 0) is 38.4 Å². The van der Waals surface area contributed by atoms with E-state index in [0.29, 0.717) is 6.04 Å². The van der Waals surface area contributed by atoms with E-state index >= 15 is 0 Å². The molecule has 18 heavy (non-hydrogen) atoms. The van der Waals surface area contributed by atoms with E-state index in [1.807, 2.05) is 14.0 Å². The number of nitrogens with one attached hydrogen (secondary N) is 1. The maximum atomic E-state index is 5.42. The topological polar surface area (TPSA) is 24.5 Å². The van der Waals surface area contributed by atoms with Crippen LogP contribution in [0.5, 0.6) is 0 Å². The molecule has 2 rings (SSSR count). The number of para-hydroxylation sites is 1. The van der Waals surface area contributed by atoms with Crippen LogP contribution in [0.25, 0.3) is 0 Å². The van der Waals surface area contributed by atoms with Crippen LogP contribution in [0.15, 0.2) is 24.3 Å². The van der Waals surface area contributed by atoms with E-state index in [-0.39, 0.29) is 0 Å². The molecule has 0 saturated carbocycles. The summed E-state index contributed by atoms with van der Waals surface area (Å²) in [4.78, 5) is 2.49. The molecule has 3 heteroatoms. The number of nitrogens with zero attached hydrogens (tertiary/aromatic N) is 1. The number of hydrogen-bond acceptors (Lipinski definition) is 3. The Kier molecular flexibility index (Phi) is 5.02. The molecule has 1 N–H and O–H groups in total. The first kappa shape index (κ1) is 13.4. The Hall–Kier alpha value is -1.06. The molecule has 0 bridgehead atoms. The fourth-order valence-electron chi connectivity index (χ4n) is 2.66. The number of ether oxygens (including phenoxy) is 1. The average Bonchev–Trinajstić information content (AvgIpc) is 2.43. The summed E-state index contributed by atoms with van der Waals surface area (Å²) in [5.74, 6) is 0. The predicted octanol–water partition coefficient (Wildman–Crippen LogP) is 2.58.